The number of aromatic nitrogens is 2. The van der Waals surface area contributed by atoms with E-state index in [4.69, 9.17) is 9.84 Å². The van der Waals surface area contributed by atoms with Gasteiger partial charge in [-0.1, -0.05) is 0 Å². The molecule has 0 aliphatic heterocycles. The summed E-state index contributed by atoms with van der Waals surface area (Å²) in [4.78, 5) is 23.4. The Morgan fingerprint density at radius 2 is 2.05 bits per heavy atom. The number of aryl methyl sites for hydroxylation is 2. The van der Waals surface area contributed by atoms with E-state index >= 15 is 0 Å². The second-order valence-corrected chi connectivity index (χ2v) is 4.47. The highest BCUT2D eigenvalue weighted by atomic mass is 16.5. The molecule has 0 bridgehead atoms. The number of aromatic carboxylic acids is 1. The van der Waals surface area contributed by atoms with Gasteiger partial charge in [-0.3, -0.25) is 9.48 Å². The van der Waals surface area contributed by atoms with Crippen molar-refractivity contribution in [1.82, 2.24) is 9.78 Å². The van der Waals surface area contributed by atoms with E-state index in [2.05, 4.69) is 10.4 Å². The molecule has 1 aromatic heterocycles. The van der Waals surface area contributed by atoms with Gasteiger partial charge in [0.15, 0.2) is 0 Å². The van der Waals surface area contributed by atoms with Gasteiger partial charge in [-0.15, -0.1) is 0 Å². The van der Waals surface area contributed by atoms with Gasteiger partial charge in [-0.2, -0.15) is 5.10 Å². The molecule has 0 radical (unpaired) electrons. The first-order valence-corrected chi connectivity index (χ1v) is 6.15. The van der Waals surface area contributed by atoms with Gasteiger partial charge in [-0.05, 0) is 25.1 Å². The summed E-state index contributed by atoms with van der Waals surface area (Å²) in [7, 11) is 3.11. The first-order chi connectivity index (χ1) is 9.92. The summed E-state index contributed by atoms with van der Waals surface area (Å²) >= 11 is 0. The second kappa shape index (κ2) is 5.66. The Kier molecular flexibility index (Phi) is 3.93. The van der Waals surface area contributed by atoms with Crippen molar-refractivity contribution < 1.29 is 19.4 Å². The Morgan fingerprint density at radius 1 is 1.33 bits per heavy atom. The van der Waals surface area contributed by atoms with Crippen LogP contribution >= 0.6 is 0 Å². The lowest BCUT2D eigenvalue weighted by Gasteiger charge is -2.10. The van der Waals surface area contributed by atoms with Crippen molar-refractivity contribution in [1.29, 1.82) is 0 Å². The normalized spacial score (nSPS) is 10.2. The van der Waals surface area contributed by atoms with Crippen LogP contribution in [0.15, 0.2) is 24.3 Å². The molecule has 0 saturated carbocycles. The van der Waals surface area contributed by atoms with E-state index in [1.54, 1.807) is 20.0 Å². The Morgan fingerprint density at radius 3 is 2.57 bits per heavy atom. The molecule has 0 aliphatic carbocycles. The van der Waals surface area contributed by atoms with Crippen molar-refractivity contribution in [2.24, 2.45) is 7.05 Å². The summed E-state index contributed by atoms with van der Waals surface area (Å²) in [6, 6.07) is 5.99. The number of hydrogen-bond donors (Lipinski definition) is 2. The zero-order valence-electron chi connectivity index (χ0n) is 11.9. The number of nitrogens with zero attached hydrogens (tertiary/aromatic N) is 2. The molecule has 0 unspecified atom stereocenters. The van der Waals surface area contributed by atoms with Gasteiger partial charge in [0, 0.05) is 13.1 Å². The molecule has 1 amide bonds. The van der Waals surface area contributed by atoms with Crippen molar-refractivity contribution in [3.63, 3.8) is 0 Å². The second-order valence-electron chi connectivity index (χ2n) is 4.47. The number of anilines is 1. The monoisotopic (exact) mass is 289 g/mol. The summed E-state index contributed by atoms with van der Waals surface area (Å²) in [6.07, 6.45) is 0. The maximum Gasteiger partial charge on any atom is 0.337 e. The number of ether oxygens (including phenoxy) is 1. The SMILES string of the molecule is COc1ccc(C(=O)O)c(NC(=O)c2cc(C)nn2C)c1. The molecule has 2 rings (SSSR count). The van der Waals surface area contributed by atoms with E-state index in [1.165, 1.54) is 30.0 Å². The van der Waals surface area contributed by atoms with E-state index in [9.17, 15) is 9.59 Å². The first kappa shape index (κ1) is 14.6. The summed E-state index contributed by atoms with van der Waals surface area (Å²) in [5.74, 6) is -1.11. The predicted octanol–water partition coefficient (Wildman–Crippen LogP) is 1.69. The van der Waals surface area contributed by atoms with Crippen molar-refractivity contribution in [2.75, 3.05) is 12.4 Å². The van der Waals surface area contributed by atoms with Gasteiger partial charge in [0.05, 0.1) is 24.1 Å². The number of amides is 1. The summed E-state index contributed by atoms with van der Waals surface area (Å²) in [5.41, 5.74) is 1.20. The Balaban J connectivity index is 2.35. The Hall–Kier alpha value is -2.83. The minimum Gasteiger partial charge on any atom is -0.497 e. The Bertz CT molecular complexity index is 706. The third-order valence-corrected chi connectivity index (χ3v) is 2.94. The van der Waals surface area contributed by atoms with Crippen LogP contribution in [-0.2, 0) is 7.05 Å². The highest BCUT2D eigenvalue weighted by Gasteiger charge is 2.17. The molecule has 0 aliphatic rings. The zero-order valence-corrected chi connectivity index (χ0v) is 11.9. The van der Waals surface area contributed by atoms with Crippen LogP contribution in [-0.4, -0.2) is 33.9 Å². The van der Waals surface area contributed by atoms with Crippen LogP contribution in [0.25, 0.3) is 0 Å². The summed E-state index contributed by atoms with van der Waals surface area (Å²) in [5, 5.41) is 15.8. The van der Waals surface area contributed by atoms with Gasteiger partial charge in [0.25, 0.3) is 5.91 Å². The van der Waals surface area contributed by atoms with Crippen LogP contribution in [0.2, 0.25) is 0 Å². The van der Waals surface area contributed by atoms with Crippen LogP contribution in [0.3, 0.4) is 0 Å². The largest absolute Gasteiger partial charge is 0.497 e. The lowest BCUT2D eigenvalue weighted by atomic mass is 10.1. The third kappa shape index (κ3) is 3.02. The predicted molar refractivity (Wildman–Crippen MR) is 75.9 cm³/mol. The number of benzene rings is 1. The van der Waals surface area contributed by atoms with Crippen molar-refractivity contribution in [3.8, 4) is 5.75 Å². The number of methoxy groups -OCH3 is 1. The van der Waals surface area contributed by atoms with Crippen LogP contribution in [0.1, 0.15) is 26.5 Å². The number of carboxylic acids is 1. The number of carboxylic acid groups (broad SMARTS) is 1. The molecular weight excluding hydrogens is 274 g/mol. The fraction of sp³-hybridized carbons (Fsp3) is 0.214. The Labute approximate surface area is 121 Å². The number of rotatable bonds is 4. The highest BCUT2D eigenvalue weighted by molar-refractivity contribution is 6.07. The third-order valence-electron chi connectivity index (χ3n) is 2.94. The van der Waals surface area contributed by atoms with Crippen LogP contribution in [0.4, 0.5) is 5.69 Å². The molecular formula is C14H15N3O4. The van der Waals surface area contributed by atoms with Crippen LogP contribution in [0.5, 0.6) is 5.75 Å². The number of carbonyl (C=O) groups excluding carboxylic acids is 1. The molecule has 7 heteroatoms. The first-order valence-electron chi connectivity index (χ1n) is 6.15. The van der Waals surface area contributed by atoms with Gasteiger partial charge in [0.1, 0.15) is 11.4 Å². The fourth-order valence-corrected chi connectivity index (χ4v) is 1.95. The zero-order chi connectivity index (χ0) is 15.6. The molecule has 2 N–H and O–H groups in total. The van der Waals surface area contributed by atoms with Gasteiger partial charge in [-0.25, -0.2) is 4.79 Å². The quantitative estimate of drug-likeness (QED) is 0.893. The van der Waals surface area contributed by atoms with Crippen molar-refractivity contribution >= 4 is 17.6 Å². The van der Waals surface area contributed by atoms with E-state index in [0.29, 0.717) is 17.1 Å². The topological polar surface area (TPSA) is 93.4 Å². The lowest BCUT2D eigenvalue weighted by molar-refractivity contribution is 0.0698. The molecule has 0 saturated heterocycles. The van der Waals surface area contributed by atoms with E-state index in [-0.39, 0.29) is 11.3 Å². The maximum atomic E-state index is 12.2. The van der Waals surface area contributed by atoms with E-state index < -0.39 is 11.9 Å². The lowest BCUT2D eigenvalue weighted by Crippen LogP contribution is -2.18. The van der Waals surface area contributed by atoms with E-state index in [0.717, 1.165) is 0 Å². The molecule has 21 heavy (non-hydrogen) atoms. The van der Waals surface area contributed by atoms with Crippen molar-refractivity contribution in [3.05, 3.63) is 41.2 Å². The minimum atomic E-state index is -1.13. The average Bonchev–Trinajstić information content (AvgIpc) is 2.77. The van der Waals surface area contributed by atoms with Gasteiger partial charge < -0.3 is 15.2 Å². The molecule has 110 valence electrons. The minimum absolute atomic E-state index is 0.0111. The van der Waals surface area contributed by atoms with Gasteiger partial charge in [0.2, 0.25) is 0 Å². The fourth-order valence-electron chi connectivity index (χ4n) is 1.95. The summed E-state index contributed by atoms with van der Waals surface area (Å²) < 4.78 is 6.48. The van der Waals surface area contributed by atoms with Gasteiger partial charge >= 0.3 is 5.97 Å². The number of hydrogen-bond acceptors (Lipinski definition) is 4. The molecule has 1 aromatic carbocycles. The average molecular weight is 289 g/mol. The van der Waals surface area contributed by atoms with E-state index in [1.807, 2.05) is 0 Å². The molecule has 0 fully saturated rings. The standard InChI is InChI=1S/C14H15N3O4/c1-8-6-12(17(2)16-8)13(18)15-11-7-9(21-3)4-5-10(11)14(19)20/h4-7H,1-3H3,(H,15,18)(H,19,20). The smallest absolute Gasteiger partial charge is 0.337 e. The highest BCUT2D eigenvalue weighted by Crippen LogP contribution is 2.23. The summed E-state index contributed by atoms with van der Waals surface area (Å²) in [6.45, 7) is 1.77. The molecule has 0 spiro atoms. The van der Waals surface area contributed by atoms with Crippen molar-refractivity contribution in [2.45, 2.75) is 6.92 Å². The number of nitrogens with one attached hydrogen (secondary N) is 1. The molecule has 1 heterocycles. The van der Waals surface area contributed by atoms with Crippen LogP contribution in [0, 0.1) is 6.92 Å². The number of carbonyl (C=O) groups is 2. The molecule has 0 atom stereocenters. The molecule has 7 nitrogen and oxygen atoms in total. The molecule has 2 aromatic rings. The maximum absolute atomic E-state index is 12.2. The van der Waals surface area contributed by atoms with Crippen LogP contribution < -0.4 is 10.1 Å².